The lowest BCUT2D eigenvalue weighted by Crippen LogP contribution is -2.61. The smallest absolute Gasteiger partial charge is 0.417 e. The molecular weight excluding hydrogens is 428 g/mol. The lowest BCUT2D eigenvalue weighted by atomic mass is 9.43. The summed E-state index contributed by atoms with van der Waals surface area (Å²) >= 11 is 0. The van der Waals surface area contributed by atoms with E-state index < -0.39 is 15.8 Å². The van der Waals surface area contributed by atoms with Gasteiger partial charge in [0, 0.05) is 23.1 Å². The molecule has 3 aliphatic rings. The van der Waals surface area contributed by atoms with Gasteiger partial charge in [-0.3, -0.25) is 4.98 Å². The zero-order valence-corrected chi connectivity index (χ0v) is 20.6. The number of rotatable bonds is 3. The van der Waals surface area contributed by atoms with Crippen molar-refractivity contribution in [2.45, 2.75) is 71.3 Å². The van der Waals surface area contributed by atoms with Crippen LogP contribution in [-0.4, -0.2) is 32.8 Å². The summed E-state index contributed by atoms with van der Waals surface area (Å²) in [5.41, 5.74) is 3.53. The Morgan fingerprint density at radius 1 is 1.16 bits per heavy atom. The van der Waals surface area contributed by atoms with Gasteiger partial charge < -0.3 is 9.15 Å². The molecule has 0 bridgehead atoms. The van der Waals surface area contributed by atoms with Crippen LogP contribution in [0.15, 0.2) is 15.3 Å². The first-order valence-electron chi connectivity index (χ1n) is 11.5. The Morgan fingerprint density at radius 3 is 2.53 bits per heavy atom. The SMILES string of the molecule is COc1cc2oc(=O)[nH]c2c2c1C1(C)CCC3C(C)(C)C(NS(C)(=O)=O)CCC3(C)C1C2. The van der Waals surface area contributed by atoms with Gasteiger partial charge in [0.1, 0.15) is 5.75 Å². The Morgan fingerprint density at radius 2 is 1.88 bits per heavy atom. The maximum absolute atomic E-state index is 12.0. The van der Waals surface area contributed by atoms with E-state index in [9.17, 15) is 13.2 Å². The standard InChI is InChI=1S/C24H34N2O5S/c1-22(2)16-7-9-24(4)17(23(16,3)10-8-18(22)26-32(6,28)29)11-13-19(24)14(30-5)12-15-20(13)25-21(27)31-15/h12,16-18,26H,7-11H2,1-6H3,(H,25,27). The van der Waals surface area contributed by atoms with Gasteiger partial charge in [-0.25, -0.2) is 17.9 Å². The number of benzene rings is 1. The van der Waals surface area contributed by atoms with Crippen LogP contribution in [0.2, 0.25) is 0 Å². The zero-order chi connectivity index (χ0) is 23.3. The number of nitrogens with one attached hydrogen (secondary N) is 2. The van der Waals surface area contributed by atoms with E-state index in [1.54, 1.807) is 7.11 Å². The van der Waals surface area contributed by atoms with Crippen LogP contribution < -0.4 is 15.2 Å². The van der Waals surface area contributed by atoms with Crippen LogP contribution in [0.1, 0.15) is 64.5 Å². The second-order valence-corrected chi connectivity index (χ2v) is 13.2. The van der Waals surface area contributed by atoms with Gasteiger partial charge >= 0.3 is 5.76 Å². The summed E-state index contributed by atoms with van der Waals surface area (Å²) in [6.07, 6.45) is 5.94. The van der Waals surface area contributed by atoms with Gasteiger partial charge in [-0.15, -0.1) is 0 Å². The molecule has 0 spiro atoms. The van der Waals surface area contributed by atoms with Crippen LogP contribution in [0.25, 0.3) is 11.1 Å². The number of aromatic nitrogens is 1. The highest BCUT2D eigenvalue weighted by atomic mass is 32.2. The number of hydrogen-bond acceptors (Lipinski definition) is 5. The first-order valence-corrected chi connectivity index (χ1v) is 13.4. The molecule has 2 aromatic rings. The van der Waals surface area contributed by atoms with Gasteiger partial charge in [0.05, 0.1) is 18.9 Å². The molecule has 2 fully saturated rings. The molecule has 5 rings (SSSR count). The van der Waals surface area contributed by atoms with Crippen molar-refractivity contribution < 1.29 is 17.6 Å². The molecule has 3 aliphatic carbocycles. The molecule has 1 heterocycles. The quantitative estimate of drug-likeness (QED) is 0.724. The summed E-state index contributed by atoms with van der Waals surface area (Å²) in [5, 5.41) is 0. The zero-order valence-electron chi connectivity index (χ0n) is 19.8. The molecule has 0 amide bonds. The summed E-state index contributed by atoms with van der Waals surface area (Å²) in [5.74, 6) is 1.13. The topological polar surface area (TPSA) is 101 Å². The Bertz CT molecular complexity index is 1260. The van der Waals surface area contributed by atoms with E-state index in [-0.39, 0.29) is 22.3 Å². The van der Waals surface area contributed by atoms with E-state index in [1.807, 2.05) is 6.07 Å². The van der Waals surface area contributed by atoms with Crippen molar-refractivity contribution in [3.63, 3.8) is 0 Å². The molecule has 1 aromatic heterocycles. The fourth-order valence-corrected chi connectivity index (χ4v) is 9.05. The van der Waals surface area contributed by atoms with Crippen LogP contribution >= 0.6 is 0 Å². The summed E-state index contributed by atoms with van der Waals surface area (Å²) in [4.78, 5) is 14.9. The lowest BCUT2D eigenvalue weighted by Gasteiger charge is -2.63. The Balaban J connectivity index is 1.62. The molecule has 0 saturated heterocycles. The molecule has 5 unspecified atom stereocenters. The van der Waals surface area contributed by atoms with E-state index in [4.69, 9.17) is 9.15 Å². The van der Waals surface area contributed by atoms with Crippen molar-refractivity contribution >= 4 is 21.1 Å². The number of methoxy groups -OCH3 is 1. The van der Waals surface area contributed by atoms with Gasteiger partial charge in [-0.1, -0.05) is 27.7 Å². The number of fused-ring (bicyclic) bond motifs is 7. The monoisotopic (exact) mass is 462 g/mol. The number of H-pyrrole nitrogens is 1. The van der Waals surface area contributed by atoms with Gasteiger partial charge in [0.2, 0.25) is 10.0 Å². The molecule has 1 aromatic carbocycles. The van der Waals surface area contributed by atoms with E-state index >= 15 is 0 Å². The van der Waals surface area contributed by atoms with Gasteiger partial charge in [-0.2, -0.15) is 0 Å². The highest BCUT2D eigenvalue weighted by Crippen LogP contribution is 2.68. The first-order chi connectivity index (χ1) is 14.8. The number of aromatic amines is 1. The third kappa shape index (κ3) is 2.87. The predicted molar refractivity (Wildman–Crippen MR) is 124 cm³/mol. The fraction of sp³-hybridized carbons (Fsp3) is 0.708. The molecule has 0 aliphatic heterocycles. The third-order valence-corrected chi connectivity index (χ3v) is 10.1. The number of hydrogen-bond donors (Lipinski definition) is 2. The minimum atomic E-state index is -3.27. The molecule has 0 radical (unpaired) electrons. The molecule has 2 saturated carbocycles. The summed E-state index contributed by atoms with van der Waals surface area (Å²) < 4.78 is 38.2. The van der Waals surface area contributed by atoms with E-state index in [1.165, 1.54) is 11.8 Å². The van der Waals surface area contributed by atoms with Crippen LogP contribution in [-0.2, 0) is 21.9 Å². The third-order valence-electron chi connectivity index (χ3n) is 9.43. The molecule has 32 heavy (non-hydrogen) atoms. The van der Waals surface area contributed by atoms with Gasteiger partial charge in [-0.05, 0) is 60.3 Å². The molecule has 2 N–H and O–H groups in total. The summed E-state index contributed by atoms with van der Waals surface area (Å²) in [6, 6.07) is 1.79. The van der Waals surface area contributed by atoms with E-state index in [2.05, 4.69) is 37.4 Å². The Hall–Kier alpha value is -1.80. The van der Waals surface area contributed by atoms with Crippen LogP contribution in [0.3, 0.4) is 0 Å². The maximum atomic E-state index is 12.0. The van der Waals surface area contributed by atoms with Crippen molar-refractivity contribution in [3.05, 3.63) is 27.7 Å². The normalized spacial score (nSPS) is 35.9. The van der Waals surface area contributed by atoms with E-state index in [0.29, 0.717) is 17.4 Å². The van der Waals surface area contributed by atoms with E-state index in [0.717, 1.165) is 48.9 Å². The summed E-state index contributed by atoms with van der Waals surface area (Å²) in [7, 11) is -1.59. The predicted octanol–water partition coefficient (Wildman–Crippen LogP) is 3.71. The first kappa shape index (κ1) is 22.0. The Kier molecular flexibility index (Phi) is 4.56. The van der Waals surface area contributed by atoms with Crippen molar-refractivity contribution in [1.29, 1.82) is 0 Å². The van der Waals surface area contributed by atoms with Gasteiger partial charge in [0.25, 0.3) is 0 Å². The number of oxazole rings is 1. The lowest BCUT2D eigenvalue weighted by molar-refractivity contribution is -0.109. The Labute approximate surface area is 189 Å². The highest BCUT2D eigenvalue weighted by Gasteiger charge is 2.63. The molecular formula is C24H34N2O5S. The molecule has 7 nitrogen and oxygen atoms in total. The van der Waals surface area contributed by atoms with Crippen LogP contribution in [0.4, 0.5) is 0 Å². The average Bonchev–Trinajstić information content (AvgIpc) is 3.20. The van der Waals surface area contributed by atoms with Crippen molar-refractivity contribution in [1.82, 2.24) is 9.71 Å². The molecule has 176 valence electrons. The second-order valence-electron chi connectivity index (χ2n) is 11.4. The second kappa shape index (κ2) is 6.63. The molecule has 8 heteroatoms. The highest BCUT2D eigenvalue weighted by molar-refractivity contribution is 7.88. The maximum Gasteiger partial charge on any atom is 0.417 e. The molecule has 5 atom stereocenters. The fourth-order valence-electron chi connectivity index (χ4n) is 8.11. The van der Waals surface area contributed by atoms with Gasteiger partial charge in [0.15, 0.2) is 5.58 Å². The van der Waals surface area contributed by atoms with Crippen molar-refractivity contribution in [3.8, 4) is 5.75 Å². The average molecular weight is 463 g/mol. The number of ether oxygens (including phenoxy) is 1. The number of sulfonamides is 1. The van der Waals surface area contributed by atoms with Crippen molar-refractivity contribution in [2.75, 3.05) is 13.4 Å². The van der Waals surface area contributed by atoms with Crippen LogP contribution in [0.5, 0.6) is 5.75 Å². The minimum Gasteiger partial charge on any atom is -0.496 e. The largest absolute Gasteiger partial charge is 0.496 e. The summed E-state index contributed by atoms with van der Waals surface area (Å²) in [6.45, 7) is 9.22. The van der Waals surface area contributed by atoms with Crippen molar-refractivity contribution in [2.24, 2.45) is 22.7 Å². The van der Waals surface area contributed by atoms with Crippen LogP contribution in [0, 0.1) is 22.7 Å². The minimum absolute atomic E-state index is 0.0482.